The number of pyridine rings is 1. The van der Waals surface area contributed by atoms with Gasteiger partial charge in [0.2, 0.25) is 0 Å². The van der Waals surface area contributed by atoms with Gasteiger partial charge < -0.3 is 10.2 Å². The van der Waals surface area contributed by atoms with Crippen molar-refractivity contribution in [3.8, 4) is 0 Å². The van der Waals surface area contributed by atoms with E-state index in [1.807, 2.05) is 0 Å². The van der Waals surface area contributed by atoms with Crippen LogP contribution in [0.25, 0.3) is 0 Å². The zero-order valence-electron chi connectivity index (χ0n) is 14.3. The van der Waals surface area contributed by atoms with E-state index in [4.69, 9.17) is 4.98 Å². The van der Waals surface area contributed by atoms with Crippen molar-refractivity contribution in [3.05, 3.63) is 23.4 Å². The molecule has 0 aromatic carbocycles. The number of nitrogens with one attached hydrogen (secondary N) is 1. The summed E-state index contributed by atoms with van der Waals surface area (Å²) >= 11 is 0. The summed E-state index contributed by atoms with van der Waals surface area (Å²) in [7, 11) is 0. The van der Waals surface area contributed by atoms with Crippen molar-refractivity contribution in [2.24, 2.45) is 5.92 Å². The van der Waals surface area contributed by atoms with Gasteiger partial charge >= 0.3 is 0 Å². The van der Waals surface area contributed by atoms with Gasteiger partial charge in [-0.15, -0.1) is 0 Å². The van der Waals surface area contributed by atoms with E-state index in [0.29, 0.717) is 6.04 Å². The lowest BCUT2D eigenvalue weighted by atomic mass is 10.1. The molecule has 0 radical (unpaired) electrons. The summed E-state index contributed by atoms with van der Waals surface area (Å²) in [5.74, 6) is 1.93. The normalized spacial score (nSPS) is 15.0. The molecule has 3 nitrogen and oxygen atoms in total. The monoisotopic (exact) mass is 289 g/mol. The molecule has 2 rings (SSSR count). The van der Waals surface area contributed by atoms with Gasteiger partial charge in [0.05, 0.1) is 0 Å². The van der Waals surface area contributed by atoms with E-state index in [1.54, 1.807) is 0 Å². The first-order valence-electron chi connectivity index (χ1n) is 8.43. The molecule has 0 saturated heterocycles. The molecule has 1 N–H and O–H groups in total. The summed E-state index contributed by atoms with van der Waals surface area (Å²) in [6.07, 6.45) is 3.90. The second-order valence-electron chi connectivity index (χ2n) is 7.12. The Morgan fingerprint density at radius 1 is 1.24 bits per heavy atom. The Morgan fingerprint density at radius 3 is 2.52 bits per heavy atom. The van der Waals surface area contributed by atoms with Gasteiger partial charge in [-0.25, -0.2) is 4.98 Å². The maximum Gasteiger partial charge on any atom is 0.129 e. The minimum absolute atomic E-state index is 0.516. The van der Waals surface area contributed by atoms with Crippen LogP contribution < -0.4 is 10.2 Å². The van der Waals surface area contributed by atoms with E-state index in [2.05, 4.69) is 57.0 Å². The minimum atomic E-state index is 0.516. The number of nitrogens with zero attached hydrogens (tertiary/aromatic N) is 2. The Morgan fingerprint density at radius 2 is 1.95 bits per heavy atom. The smallest absolute Gasteiger partial charge is 0.129 e. The molecule has 1 saturated carbocycles. The van der Waals surface area contributed by atoms with E-state index in [1.165, 1.54) is 30.6 Å². The lowest BCUT2D eigenvalue weighted by Gasteiger charge is -2.25. The number of rotatable bonds is 8. The second-order valence-corrected chi connectivity index (χ2v) is 7.12. The molecular weight excluding hydrogens is 258 g/mol. The molecule has 3 heteroatoms. The molecule has 1 aliphatic rings. The van der Waals surface area contributed by atoms with Crippen LogP contribution >= 0.6 is 0 Å². The average Bonchev–Trinajstić information content (AvgIpc) is 3.20. The molecule has 0 aliphatic heterocycles. The van der Waals surface area contributed by atoms with Gasteiger partial charge in [0.15, 0.2) is 0 Å². The fraction of sp³-hybridized carbons (Fsp3) is 0.722. The fourth-order valence-electron chi connectivity index (χ4n) is 2.56. The van der Waals surface area contributed by atoms with Crippen molar-refractivity contribution in [2.75, 3.05) is 11.4 Å². The molecular formula is C18H31N3. The van der Waals surface area contributed by atoms with Gasteiger partial charge in [0, 0.05) is 30.9 Å². The van der Waals surface area contributed by atoms with E-state index < -0.39 is 0 Å². The molecule has 21 heavy (non-hydrogen) atoms. The zero-order chi connectivity index (χ0) is 15.4. The van der Waals surface area contributed by atoms with Crippen molar-refractivity contribution < 1.29 is 0 Å². The van der Waals surface area contributed by atoms with Crippen LogP contribution in [0.2, 0.25) is 0 Å². The first-order chi connectivity index (χ1) is 9.95. The predicted molar refractivity (Wildman–Crippen MR) is 90.8 cm³/mol. The quantitative estimate of drug-likeness (QED) is 0.786. The first-order valence-corrected chi connectivity index (χ1v) is 8.43. The topological polar surface area (TPSA) is 28.2 Å². The summed E-state index contributed by atoms with van der Waals surface area (Å²) in [6.45, 7) is 13.1. The average molecular weight is 289 g/mol. The molecule has 1 heterocycles. The van der Waals surface area contributed by atoms with Gasteiger partial charge in [0.1, 0.15) is 5.82 Å². The molecule has 1 fully saturated rings. The molecule has 0 amide bonds. The summed E-state index contributed by atoms with van der Waals surface area (Å²) in [6, 6.07) is 5.72. The van der Waals surface area contributed by atoms with Gasteiger partial charge in [0.25, 0.3) is 0 Å². The number of hydrogen-bond acceptors (Lipinski definition) is 3. The number of aryl methyl sites for hydroxylation is 1. The molecule has 118 valence electrons. The summed E-state index contributed by atoms with van der Waals surface area (Å²) in [5.41, 5.74) is 2.48. The van der Waals surface area contributed by atoms with Crippen LogP contribution in [0.5, 0.6) is 0 Å². The Balaban J connectivity index is 2.11. The lowest BCUT2D eigenvalue weighted by Crippen LogP contribution is -2.29. The third-order valence-electron chi connectivity index (χ3n) is 3.94. The Kier molecular flexibility index (Phi) is 5.63. The van der Waals surface area contributed by atoms with Crippen LogP contribution in [0.3, 0.4) is 0 Å². The van der Waals surface area contributed by atoms with Gasteiger partial charge in [-0.3, -0.25) is 0 Å². The highest BCUT2D eigenvalue weighted by molar-refractivity contribution is 5.45. The van der Waals surface area contributed by atoms with Crippen molar-refractivity contribution in [3.63, 3.8) is 0 Å². The van der Waals surface area contributed by atoms with Gasteiger partial charge in [-0.1, -0.05) is 27.7 Å². The maximum atomic E-state index is 4.80. The molecule has 1 aromatic rings. The van der Waals surface area contributed by atoms with E-state index >= 15 is 0 Å². The third-order valence-corrected chi connectivity index (χ3v) is 3.94. The van der Waals surface area contributed by atoms with Gasteiger partial charge in [-0.2, -0.15) is 0 Å². The number of anilines is 1. The minimum Gasteiger partial charge on any atom is -0.354 e. The Bertz CT molecular complexity index is 450. The SMILES string of the molecule is Cc1cc(CNC(C)C)cc(N(CCC(C)C)C2CC2)n1. The summed E-state index contributed by atoms with van der Waals surface area (Å²) in [4.78, 5) is 7.33. The van der Waals surface area contributed by atoms with Crippen molar-refractivity contribution in [1.82, 2.24) is 10.3 Å². The van der Waals surface area contributed by atoms with E-state index in [-0.39, 0.29) is 0 Å². The second kappa shape index (κ2) is 7.26. The first kappa shape index (κ1) is 16.3. The largest absolute Gasteiger partial charge is 0.354 e. The van der Waals surface area contributed by atoms with Gasteiger partial charge in [-0.05, 0) is 49.8 Å². The number of aromatic nitrogens is 1. The summed E-state index contributed by atoms with van der Waals surface area (Å²) in [5, 5.41) is 3.50. The lowest BCUT2D eigenvalue weighted by molar-refractivity contribution is 0.567. The fourth-order valence-corrected chi connectivity index (χ4v) is 2.56. The maximum absolute atomic E-state index is 4.80. The summed E-state index contributed by atoms with van der Waals surface area (Å²) < 4.78 is 0. The highest BCUT2D eigenvalue weighted by Gasteiger charge is 2.30. The Hall–Kier alpha value is -1.09. The third kappa shape index (κ3) is 5.31. The van der Waals surface area contributed by atoms with Crippen molar-refractivity contribution >= 4 is 5.82 Å². The predicted octanol–water partition coefficient (Wildman–Crippen LogP) is 3.90. The van der Waals surface area contributed by atoms with E-state index in [9.17, 15) is 0 Å². The van der Waals surface area contributed by atoms with Crippen molar-refractivity contribution in [2.45, 2.75) is 72.5 Å². The van der Waals surface area contributed by atoms with E-state index in [0.717, 1.165) is 30.7 Å². The zero-order valence-corrected chi connectivity index (χ0v) is 14.3. The highest BCUT2D eigenvalue weighted by Crippen LogP contribution is 2.31. The number of hydrogen-bond donors (Lipinski definition) is 1. The van der Waals surface area contributed by atoms with Crippen LogP contribution in [0.1, 0.15) is 58.2 Å². The molecule has 0 spiro atoms. The van der Waals surface area contributed by atoms with Crippen molar-refractivity contribution in [1.29, 1.82) is 0 Å². The molecule has 1 aromatic heterocycles. The standard InChI is InChI=1S/C18H31N3/c1-13(2)8-9-21(17-6-7-17)18-11-16(10-15(5)20-18)12-19-14(3)4/h10-11,13-14,17,19H,6-9,12H2,1-5H3. The van der Waals surface area contributed by atoms with Crippen LogP contribution in [-0.4, -0.2) is 23.6 Å². The molecule has 0 unspecified atom stereocenters. The molecule has 0 bridgehead atoms. The van der Waals surface area contributed by atoms with Crippen LogP contribution in [0.15, 0.2) is 12.1 Å². The van der Waals surface area contributed by atoms with Crippen LogP contribution in [0, 0.1) is 12.8 Å². The van der Waals surface area contributed by atoms with Crippen LogP contribution in [-0.2, 0) is 6.54 Å². The Labute approximate surface area is 130 Å². The molecule has 0 atom stereocenters. The van der Waals surface area contributed by atoms with Crippen LogP contribution in [0.4, 0.5) is 5.82 Å². The molecule has 1 aliphatic carbocycles. The highest BCUT2D eigenvalue weighted by atomic mass is 15.2.